The molecule has 4 heterocycles. The van der Waals surface area contributed by atoms with E-state index in [1.165, 1.54) is 12.1 Å². The maximum Gasteiger partial charge on any atom is 0.439 e. The number of rotatable bonds is 4. The monoisotopic (exact) mass is 528 g/mol. The first-order chi connectivity index (χ1) is 18.4. The fraction of sp³-hybridized carbons (Fsp3) is 0.207. The van der Waals surface area contributed by atoms with E-state index in [0.717, 1.165) is 52.1 Å². The van der Waals surface area contributed by atoms with E-state index in [4.69, 9.17) is 25.8 Å². The number of imidazole rings is 1. The first-order valence-electron chi connectivity index (χ1n) is 12.4. The highest BCUT2D eigenvalue weighted by Crippen LogP contribution is 2.43. The summed E-state index contributed by atoms with van der Waals surface area (Å²) in [5, 5.41) is 4.55. The molecule has 0 radical (unpaired) electrons. The van der Waals surface area contributed by atoms with E-state index in [1.54, 1.807) is 6.07 Å². The fourth-order valence-corrected chi connectivity index (χ4v) is 5.46. The lowest BCUT2D eigenvalue weighted by Gasteiger charge is -2.14. The first kappa shape index (κ1) is 23.0. The summed E-state index contributed by atoms with van der Waals surface area (Å²) in [5.74, 6) is 0.198. The van der Waals surface area contributed by atoms with E-state index in [-0.39, 0.29) is 12.4 Å². The minimum Gasteiger partial charge on any atom is -0.488 e. The van der Waals surface area contributed by atoms with Crippen LogP contribution in [0.1, 0.15) is 65.1 Å². The largest absolute Gasteiger partial charge is 0.488 e. The number of H-pyrrole nitrogens is 1. The van der Waals surface area contributed by atoms with Gasteiger partial charge in [0.05, 0.1) is 16.4 Å². The Hall–Kier alpha value is -4.17. The number of fused-ring (bicyclic) bond motifs is 3. The third kappa shape index (κ3) is 3.92. The molecule has 0 saturated heterocycles. The minimum absolute atomic E-state index is 0.264. The molecule has 1 aliphatic carbocycles. The summed E-state index contributed by atoms with van der Waals surface area (Å²) in [5.41, 5.74) is 8.32. The first-order valence-corrected chi connectivity index (χ1v) is 12.8. The van der Waals surface area contributed by atoms with Crippen LogP contribution in [0.2, 0.25) is 5.02 Å². The van der Waals surface area contributed by atoms with Crippen molar-refractivity contribution in [1.29, 1.82) is 0 Å². The van der Waals surface area contributed by atoms with Gasteiger partial charge in [0.1, 0.15) is 23.8 Å². The summed E-state index contributed by atoms with van der Waals surface area (Å²) >= 11 is 6.33. The minimum atomic E-state index is -0.640. The van der Waals surface area contributed by atoms with E-state index in [1.807, 2.05) is 25.3 Å². The molecule has 2 aromatic carbocycles. The van der Waals surface area contributed by atoms with Gasteiger partial charge in [-0.25, -0.2) is 14.2 Å². The van der Waals surface area contributed by atoms with Crippen molar-refractivity contribution in [2.45, 2.75) is 38.7 Å². The second-order valence-electron chi connectivity index (χ2n) is 9.83. The van der Waals surface area contributed by atoms with E-state index in [9.17, 15) is 9.18 Å². The Morgan fingerprint density at radius 1 is 1.16 bits per heavy atom. The van der Waals surface area contributed by atoms with Gasteiger partial charge in [0.15, 0.2) is 5.82 Å². The van der Waals surface area contributed by atoms with E-state index in [0.29, 0.717) is 40.1 Å². The van der Waals surface area contributed by atoms with E-state index >= 15 is 0 Å². The van der Waals surface area contributed by atoms with Gasteiger partial charge < -0.3 is 9.14 Å². The van der Waals surface area contributed by atoms with Crippen LogP contribution < -0.4 is 10.5 Å². The summed E-state index contributed by atoms with van der Waals surface area (Å²) in [7, 11) is 0. The summed E-state index contributed by atoms with van der Waals surface area (Å²) in [6, 6.07) is 14.5. The number of nitrogens with one attached hydrogen (secondary N) is 1. The smallest absolute Gasteiger partial charge is 0.439 e. The Balaban J connectivity index is 1.36. The van der Waals surface area contributed by atoms with Crippen LogP contribution in [0.4, 0.5) is 4.39 Å². The number of allylic oxidation sites excluding steroid dienone is 1. The van der Waals surface area contributed by atoms with E-state index in [2.05, 4.69) is 32.7 Å². The molecule has 3 aromatic heterocycles. The van der Waals surface area contributed by atoms with E-state index < -0.39 is 5.76 Å². The molecule has 2 aliphatic rings. The fourth-order valence-electron chi connectivity index (χ4n) is 5.30. The average Bonchev–Trinajstić information content (AvgIpc) is 3.60. The zero-order chi connectivity index (χ0) is 26.0. The summed E-state index contributed by atoms with van der Waals surface area (Å²) in [6.45, 7) is 2.11. The molecule has 0 bridgehead atoms. The maximum absolute atomic E-state index is 14.2. The van der Waals surface area contributed by atoms with Crippen molar-refractivity contribution in [1.82, 2.24) is 19.5 Å². The zero-order valence-electron chi connectivity index (χ0n) is 20.4. The van der Waals surface area contributed by atoms with Crippen LogP contribution in [0, 0.1) is 5.82 Å². The highest BCUT2D eigenvalue weighted by Gasteiger charge is 2.30. The number of hydrogen-bond donors (Lipinski definition) is 1. The Morgan fingerprint density at radius 3 is 2.79 bits per heavy atom. The van der Waals surface area contributed by atoms with Crippen molar-refractivity contribution in [3.05, 3.63) is 116 Å². The number of benzene rings is 2. The van der Waals surface area contributed by atoms with Crippen LogP contribution in [0.3, 0.4) is 0 Å². The molecule has 7 nitrogen and oxygen atoms in total. The molecule has 1 aliphatic heterocycles. The number of ether oxygens (including phenoxy) is 1. The van der Waals surface area contributed by atoms with Crippen molar-refractivity contribution in [3.63, 3.8) is 0 Å². The molecule has 1 saturated carbocycles. The Kier molecular flexibility index (Phi) is 5.26. The zero-order valence-corrected chi connectivity index (χ0v) is 21.2. The average molecular weight is 529 g/mol. The van der Waals surface area contributed by atoms with Crippen molar-refractivity contribution < 1.29 is 13.7 Å². The van der Waals surface area contributed by atoms with Gasteiger partial charge in [-0.15, -0.1) is 0 Å². The van der Waals surface area contributed by atoms with Crippen LogP contribution in [-0.4, -0.2) is 19.5 Å². The molecular weight excluding hydrogens is 507 g/mol. The summed E-state index contributed by atoms with van der Waals surface area (Å²) in [6.07, 6.45) is 4.90. The topological polar surface area (TPSA) is 85.4 Å². The van der Waals surface area contributed by atoms with Crippen molar-refractivity contribution in [2.75, 3.05) is 0 Å². The lowest BCUT2D eigenvalue weighted by Crippen LogP contribution is -2.02. The Labute approximate surface area is 221 Å². The van der Waals surface area contributed by atoms with Crippen molar-refractivity contribution in [2.24, 2.45) is 0 Å². The van der Waals surface area contributed by atoms with Gasteiger partial charge in [-0.05, 0) is 66.3 Å². The molecule has 0 amide bonds. The summed E-state index contributed by atoms with van der Waals surface area (Å²) in [4.78, 5) is 19.2. The third-order valence-electron chi connectivity index (χ3n) is 7.25. The second-order valence-corrected chi connectivity index (χ2v) is 10.3. The second kappa shape index (κ2) is 8.70. The van der Waals surface area contributed by atoms with Crippen LogP contribution in [-0.2, 0) is 13.0 Å². The number of pyridine rings is 1. The lowest BCUT2D eigenvalue weighted by atomic mass is 9.89. The molecular formula is C29H22ClFN4O3. The van der Waals surface area contributed by atoms with Gasteiger partial charge >= 0.3 is 5.76 Å². The molecule has 1 N–H and O–H groups in total. The SMILES string of the molecule is C/C(=C1/c2ccc(Cc3c(C4CC4)nc4ccc(Cl)cn34)cc2COc2cc(F)ccc21)c1noc(=O)[nH]1. The third-order valence-corrected chi connectivity index (χ3v) is 7.48. The van der Waals surface area contributed by atoms with Gasteiger partial charge in [0.2, 0.25) is 0 Å². The highest BCUT2D eigenvalue weighted by molar-refractivity contribution is 6.30. The molecule has 9 heteroatoms. The molecule has 7 rings (SSSR count). The molecule has 38 heavy (non-hydrogen) atoms. The van der Waals surface area contributed by atoms with Crippen molar-refractivity contribution in [3.8, 4) is 5.75 Å². The van der Waals surface area contributed by atoms with Gasteiger partial charge in [-0.2, -0.15) is 0 Å². The van der Waals surface area contributed by atoms with Gasteiger partial charge in [-0.1, -0.05) is 35.0 Å². The molecule has 0 spiro atoms. The normalized spacial score (nSPS) is 16.1. The maximum atomic E-state index is 14.2. The van der Waals surface area contributed by atoms with Crippen LogP contribution in [0.15, 0.2) is 64.0 Å². The number of aromatic nitrogens is 4. The Morgan fingerprint density at radius 2 is 2.00 bits per heavy atom. The highest BCUT2D eigenvalue weighted by atomic mass is 35.5. The molecule has 1 fully saturated rings. The molecule has 0 atom stereocenters. The number of hydrogen-bond acceptors (Lipinski definition) is 5. The Bertz CT molecular complexity index is 1830. The predicted molar refractivity (Wildman–Crippen MR) is 141 cm³/mol. The van der Waals surface area contributed by atoms with Crippen LogP contribution >= 0.6 is 11.6 Å². The van der Waals surface area contributed by atoms with Gasteiger partial charge in [-0.3, -0.25) is 9.51 Å². The predicted octanol–water partition coefficient (Wildman–Crippen LogP) is 6.14. The number of aromatic amines is 1. The number of nitrogens with zero attached hydrogens (tertiary/aromatic N) is 3. The van der Waals surface area contributed by atoms with Crippen molar-refractivity contribution >= 4 is 28.4 Å². The summed E-state index contributed by atoms with van der Waals surface area (Å²) < 4.78 is 27.1. The van der Waals surface area contributed by atoms with Crippen LogP contribution in [0.25, 0.3) is 16.8 Å². The van der Waals surface area contributed by atoms with Gasteiger partial charge in [0.25, 0.3) is 0 Å². The van der Waals surface area contributed by atoms with Crippen LogP contribution in [0.5, 0.6) is 5.75 Å². The molecule has 190 valence electrons. The lowest BCUT2D eigenvalue weighted by molar-refractivity contribution is 0.305. The van der Waals surface area contributed by atoms with Gasteiger partial charge in [0, 0.05) is 35.7 Å². The molecule has 0 unspecified atom stereocenters. The number of halogens is 2. The quantitative estimate of drug-likeness (QED) is 0.303. The standard InChI is InChI=1S/C29H22ClFN4O3/c1-15(28-33-29(36)38-34-28)26-21-7-2-16(10-18(21)14-37-24-12-20(31)6-8-22(24)26)11-23-27(17-3-4-17)32-25-9-5-19(30)13-35(23)25/h2,5-10,12-13,17H,3-4,11,14H2,1H3,(H,33,34,36)/b26-15+. The molecule has 5 aromatic rings.